The van der Waals surface area contributed by atoms with E-state index in [9.17, 15) is 24.0 Å². The topological polar surface area (TPSA) is 170 Å². The molecule has 0 unspecified atom stereocenters. The number of carboxylic acids is 1. The van der Waals surface area contributed by atoms with Gasteiger partial charge in [0.2, 0.25) is 17.7 Å². The Balaban J connectivity index is 1.57. The van der Waals surface area contributed by atoms with Crippen LogP contribution in [0.5, 0.6) is 0 Å². The first kappa shape index (κ1) is 30.7. The number of ketones is 1. The van der Waals surface area contributed by atoms with Crippen LogP contribution in [0, 0.1) is 5.92 Å². The summed E-state index contributed by atoms with van der Waals surface area (Å²) in [6.07, 6.45) is -0.387. The standard InChI is InChI=1S/C32H35N3O6/c33-29(37)17-16-27(28(36)20-26(32(34)41)15-19-31(39)40)35-30(38)18-8-21-6-9-23(10-7-21)25-13-11-24(12-14-25)22-4-2-1-3-5-22/h1-7,9-14,26-27H,8,15-20H2,(H2,33,37)(H2,34,41)(H,35,38)(H,39,40)/t26-,27+/m1/s1. The summed E-state index contributed by atoms with van der Waals surface area (Å²) in [5, 5.41) is 11.5. The Labute approximate surface area is 238 Å². The number of rotatable bonds is 16. The Hall–Kier alpha value is -4.79. The van der Waals surface area contributed by atoms with E-state index in [1.165, 1.54) is 0 Å². The van der Waals surface area contributed by atoms with Crippen LogP contribution in [0.4, 0.5) is 0 Å². The molecule has 41 heavy (non-hydrogen) atoms. The minimum atomic E-state index is -1.11. The third kappa shape index (κ3) is 10.0. The van der Waals surface area contributed by atoms with Gasteiger partial charge in [-0.2, -0.15) is 0 Å². The van der Waals surface area contributed by atoms with Crippen LogP contribution in [0.1, 0.15) is 44.1 Å². The molecule has 0 aliphatic carbocycles. The maximum Gasteiger partial charge on any atom is 0.303 e. The highest BCUT2D eigenvalue weighted by atomic mass is 16.4. The Kier molecular flexibility index (Phi) is 11.3. The van der Waals surface area contributed by atoms with Crippen LogP contribution in [0.3, 0.4) is 0 Å². The number of Topliss-reactive ketones (excluding diaryl/α,β-unsaturated/α-hetero) is 1. The van der Waals surface area contributed by atoms with E-state index in [2.05, 4.69) is 41.7 Å². The zero-order valence-electron chi connectivity index (χ0n) is 22.8. The first-order chi connectivity index (χ1) is 19.6. The molecule has 0 heterocycles. The molecule has 214 valence electrons. The van der Waals surface area contributed by atoms with Gasteiger partial charge in [0, 0.05) is 31.6 Å². The number of aliphatic carboxylic acids is 1. The van der Waals surface area contributed by atoms with Crippen molar-refractivity contribution in [1.29, 1.82) is 0 Å². The van der Waals surface area contributed by atoms with Crippen molar-refractivity contribution in [3.63, 3.8) is 0 Å². The van der Waals surface area contributed by atoms with Crippen molar-refractivity contribution in [2.24, 2.45) is 17.4 Å². The normalized spacial score (nSPS) is 12.2. The van der Waals surface area contributed by atoms with Gasteiger partial charge in [-0.1, -0.05) is 78.9 Å². The molecule has 0 aromatic heterocycles. The van der Waals surface area contributed by atoms with E-state index in [-0.39, 0.29) is 38.5 Å². The van der Waals surface area contributed by atoms with Crippen LogP contribution in [-0.4, -0.2) is 40.6 Å². The van der Waals surface area contributed by atoms with Gasteiger partial charge >= 0.3 is 5.97 Å². The first-order valence-electron chi connectivity index (χ1n) is 13.5. The van der Waals surface area contributed by atoms with Crippen molar-refractivity contribution < 1.29 is 29.1 Å². The van der Waals surface area contributed by atoms with E-state index in [0.29, 0.717) is 6.42 Å². The van der Waals surface area contributed by atoms with Gasteiger partial charge in [0.1, 0.15) is 0 Å². The van der Waals surface area contributed by atoms with E-state index in [1.807, 2.05) is 42.5 Å². The average molecular weight is 558 g/mol. The van der Waals surface area contributed by atoms with Gasteiger partial charge in [-0.3, -0.25) is 24.0 Å². The van der Waals surface area contributed by atoms with Crippen molar-refractivity contribution in [1.82, 2.24) is 5.32 Å². The number of nitrogens with one attached hydrogen (secondary N) is 1. The SMILES string of the molecule is NC(=O)CC[C@H](NC(=O)CCc1ccc(-c2ccc(-c3ccccc3)cc2)cc1)C(=O)C[C@@H](CCC(=O)O)C(N)=O. The van der Waals surface area contributed by atoms with Crippen molar-refractivity contribution >= 4 is 29.5 Å². The fraction of sp³-hybridized carbons (Fsp3) is 0.281. The predicted octanol–water partition coefficient (Wildman–Crippen LogP) is 3.63. The van der Waals surface area contributed by atoms with E-state index in [0.717, 1.165) is 27.8 Å². The van der Waals surface area contributed by atoms with E-state index in [1.54, 1.807) is 0 Å². The predicted molar refractivity (Wildman–Crippen MR) is 155 cm³/mol. The lowest BCUT2D eigenvalue weighted by atomic mass is 9.92. The Bertz CT molecular complexity index is 1350. The lowest BCUT2D eigenvalue weighted by molar-refractivity contribution is -0.138. The summed E-state index contributed by atoms with van der Waals surface area (Å²) in [6.45, 7) is 0. The largest absolute Gasteiger partial charge is 0.481 e. The number of carbonyl (C=O) groups excluding carboxylic acids is 4. The highest BCUT2D eigenvalue weighted by molar-refractivity contribution is 5.92. The van der Waals surface area contributed by atoms with Crippen molar-refractivity contribution in [2.75, 3.05) is 0 Å². The molecular weight excluding hydrogens is 522 g/mol. The lowest BCUT2D eigenvalue weighted by Crippen LogP contribution is -2.43. The molecule has 0 aliphatic heterocycles. The van der Waals surface area contributed by atoms with E-state index in [4.69, 9.17) is 16.6 Å². The van der Waals surface area contributed by atoms with Crippen LogP contribution >= 0.6 is 0 Å². The number of hydrogen-bond donors (Lipinski definition) is 4. The molecule has 9 nitrogen and oxygen atoms in total. The average Bonchev–Trinajstić information content (AvgIpc) is 2.96. The Morgan fingerprint density at radius 2 is 1.22 bits per heavy atom. The second-order valence-electron chi connectivity index (χ2n) is 9.97. The summed E-state index contributed by atoms with van der Waals surface area (Å²) in [4.78, 5) is 59.5. The smallest absolute Gasteiger partial charge is 0.303 e. The van der Waals surface area contributed by atoms with Crippen molar-refractivity contribution in [3.05, 3.63) is 84.4 Å². The van der Waals surface area contributed by atoms with Gasteiger partial charge in [0.05, 0.1) is 6.04 Å². The van der Waals surface area contributed by atoms with Gasteiger partial charge < -0.3 is 21.9 Å². The quantitative estimate of drug-likeness (QED) is 0.210. The zero-order valence-corrected chi connectivity index (χ0v) is 22.8. The second kappa shape index (κ2) is 15.1. The van der Waals surface area contributed by atoms with E-state index < -0.39 is 41.4 Å². The maximum atomic E-state index is 12.9. The molecular formula is C32H35N3O6. The fourth-order valence-electron chi connectivity index (χ4n) is 4.50. The number of primary amides is 2. The van der Waals surface area contributed by atoms with Gasteiger partial charge in [-0.25, -0.2) is 0 Å². The van der Waals surface area contributed by atoms with Crippen LogP contribution in [0.15, 0.2) is 78.9 Å². The molecule has 0 bridgehead atoms. The molecule has 0 spiro atoms. The Morgan fingerprint density at radius 3 is 1.73 bits per heavy atom. The third-order valence-electron chi connectivity index (χ3n) is 6.88. The lowest BCUT2D eigenvalue weighted by Gasteiger charge is -2.20. The maximum absolute atomic E-state index is 12.9. The summed E-state index contributed by atoms with van der Waals surface area (Å²) >= 11 is 0. The summed E-state index contributed by atoms with van der Waals surface area (Å²) in [5.74, 6) is -4.43. The number of carboxylic acid groups (broad SMARTS) is 1. The summed E-state index contributed by atoms with van der Waals surface area (Å²) in [5.41, 5.74) is 15.9. The third-order valence-corrected chi connectivity index (χ3v) is 6.88. The molecule has 2 atom stereocenters. The van der Waals surface area contributed by atoms with Crippen molar-refractivity contribution in [2.45, 2.75) is 51.0 Å². The zero-order chi connectivity index (χ0) is 29.8. The van der Waals surface area contributed by atoms with Crippen LogP contribution in [0.25, 0.3) is 22.3 Å². The molecule has 0 saturated carbocycles. The number of hydrogen-bond acceptors (Lipinski definition) is 5. The number of nitrogens with two attached hydrogens (primary N) is 2. The molecule has 6 N–H and O–H groups in total. The minimum absolute atomic E-state index is 0.0257. The molecule has 3 aromatic carbocycles. The number of carbonyl (C=O) groups is 5. The molecule has 0 radical (unpaired) electrons. The van der Waals surface area contributed by atoms with Crippen LogP contribution in [0.2, 0.25) is 0 Å². The van der Waals surface area contributed by atoms with Gasteiger partial charge in [0.25, 0.3) is 0 Å². The van der Waals surface area contributed by atoms with Crippen LogP contribution in [-0.2, 0) is 30.4 Å². The molecule has 3 amide bonds. The van der Waals surface area contributed by atoms with Crippen molar-refractivity contribution in [3.8, 4) is 22.3 Å². The highest BCUT2D eigenvalue weighted by Gasteiger charge is 2.27. The monoisotopic (exact) mass is 557 g/mol. The molecule has 0 aliphatic rings. The molecule has 3 aromatic rings. The second-order valence-corrected chi connectivity index (χ2v) is 9.97. The summed E-state index contributed by atoms with van der Waals surface area (Å²) < 4.78 is 0. The van der Waals surface area contributed by atoms with E-state index >= 15 is 0 Å². The van der Waals surface area contributed by atoms with Gasteiger partial charge in [0.15, 0.2) is 5.78 Å². The molecule has 3 rings (SSSR count). The fourth-order valence-corrected chi connectivity index (χ4v) is 4.50. The van der Waals surface area contributed by atoms with Gasteiger partial charge in [-0.15, -0.1) is 0 Å². The number of benzene rings is 3. The minimum Gasteiger partial charge on any atom is -0.481 e. The number of amides is 3. The summed E-state index contributed by atoms with van der Waals surface area (Å²) in [7, 11) is 0. The first-order valence-corrected chi connectivity index (χ1v) is 13.5. The molecule has 0 fully saturated rings. The van der Waals surface area contributed by atoms with Crippen LogP contribution < -0.4 is 16.8 Å². The molecule has 0 saturated heterocycles. The number of aryl methyl sites for hydroxylation is 1. The van der Waals surface area contributed by atoms with Gasteiger partial charge in [-0.05, 0) is 47.1 Å². The highest BCUT2D eigenvalue weighted by Crippen LogP contribution is 2.25. The Morgan fingerprint density at radius 1 is 0.683 bits per heavy atom. The molecule has 9 heteroatoms. The summed E-state index contributed by atoms with van der Waals surface area (Å²) in [6, 6.07) is 25.3.